The van der Waals surface area contributed by atoms with Gasteiger partial charge in [-0.1, -0.05) is 17.7 Å². The average Bonchev–Trinajstić information content (AvgIpc) is 2.98. The highest BCUT2D eigenvalue weighted by Gasteiger charge is 2.19. The first-order valence-electron chi connectivity index (χ1n) is 7.21. The van der Waals surface area contributed by atoms with Crippen molar-refractivity contribution < 1.29 is 14.3 Å². The fraction of sp³-hybridized carbons (Fsp3) is 0.235. The second-order valence-electron chi connectivity index (χ2n) is 5.04. The number of fused-ring (bicyclic) bond motifs is 1. The van der Waals surface area contributed by atoms with Crippen LogP contribution in [0.3, 0.4) is 0 Å². The molecule has 2 aromatic rings. The fourth-order valence-electron chi connectivity index (χ4n) is 2.36. The molecule has 23 heavy (non-hydrogen) atoms. The summed E-state index contributed by atoms with van der Waals surface area (Å²) in [5.41, 5.74) is 0.568. The Kier molecular flexibility index (Phi) is 4.88. The van der Waals surface area contributed by atoms with E-state index in [0.717, 1.165) is 4.88 Å². The maximum Gasteiger partial charge on any atom is 0.254 e. The van der Waals surface area contributed by atoms with E-state index in [4.69, 9.17) is 21.1 Å². The number of amides is 1. The molecule has 1 aliphatic heterocycles. The van der Waals surface area contributed by atoms with Gasteiger partial charge in [-0.15, -0.1) is 17.9 Å². The maximum absolute atomic E-state index is 12.8. The second kappa shape index (κ2) is 7.06. The predicted octanol–water partition coefficient (Wildman–Crippen LogP) is 4.00. The molecule has 0 fully saturated rings. The quantitative estimate of drug-likeness (QED) is 0.766. The van der Waals surface area contributed by atoms with Gasteiger partial charge in [-0.25, -0.2) is 0 Å². The van der Waals surface area contributed by atoms with E-state index >= 15 is 0 Å². The van der Waals surface area contributed by atoms with Crippen LogP contribution in [0.5, 0.6) is 11.5 Å². The van der Waals surface area contributed by atoms with Crippen molar-refractivity contribution in [3.8, 4) is 11.5 Å². The zero-order valence-electron chi connectivity index (χ0n) is 12.5. The van der Waals surface area contributed by atoms with Gasteiger partial charge in [0, 0.05) is 17.0 Å². The summed E-state index contributed by atoms with van der Waals surface area (Å²) in [7, 11) is 0. The Balaban J connectivity index is 1.81. The summed E-state index contributed by atoms with van der Waals surface area (Å²) in [6.07, 6.45) is 1.71. The van der Waals surface area contributed by atoms with Crippen LogP contribution >= 0.6 is 22.9 Å². The van der Waals surface area contributed by atoms with Gasteiger partial charge in [0.1, 0.15) is 13.2 Å². The second-order valence-corrected chi connectivity index (χ2v) is 6.84. The molecule has 1 aromatic carbocycles. The van der Waals surface area contributed by atoms with Gasteiger partial charge in [-0.05, 0) is 30.3 Å². The molecule has 0 saturated carbocycles. The highest BCUT2D eigenvalue weighted by atomic mass is 35.5. The summed E-state index contributed by atoms with van der Waals surface area (Å²) in [4.78, 5) is 15.5. The highest BCUT2D eigenvalue weighted by Crippen LogP contribution is 2.31. The van der Waals surface area contributed by atoms with E-state index in [1.165, 1.54) is 11.3 Å². The monoisotopic (exact) mass is 349 g/mol. The largest absolute Gasteiger partial charge is 0.486 e. The number of rotatable bonds is 5. The number of ether oxygens (including phenoxy) is 2. The lowest BCUT2D eigenvalue weighted by molar-refractivity contribution is 0.0763. The van der Waals surface area contributed by atoms with Gasteiger partial charge in [0.2, 0.25) is 0 Å². The summed E-state index contributed by atoms with van der Waals surface area (Å²) in [5, 5.41) is 0. The van der Waals surface area contributed by atoms with Crippen LogP contribution in [-0.4, -0.2) is 30.6 Å². The van der Waals surface area contributed by atoms with Gasteiger partial charge in [0.25, 0.3) is 5.91 Å². The Morgan fingerprint density at radius 3 is 2.74 bits per heavy atom. The molecule has 4 nitrogen and oxygen atoms in total. The van der Waals surface area contributed by atoms with Crippen LogP contribution in [0.2, 0.25) is 4.34 Å². The first kappa shape index (κ1) is 15.9. The number of hydrogen-bond donors (Lipinski definition) is 0. The molecule has 0 N–H and O–H groups in total. The molecule has 1 aliphatic rings. The maximum atomic E-state index is 12.8. The Morgan fingerprint density at radius 1 is 1.26 bits per heavy atom. The molecule has 3 rings (SSSR count). The van der Waals surface area contributed by atoms with Crippen molar-refractivity contribution in [3.63, 3.8) is 0 Å². The normalized spacial score (nSPS) is 12.7. The lowest BCUT2D eigenvalue weighted by Gasteiger charge is -2.22. The molecule has 6 heteroatoms. The third-order valence-electron chi connectivity index (χ3n) is 3.40. The van der Waals surface area contributed by atoms with E-state index in [9.17, 15) is 4.79 Å². The molecule has 0 radical (unpaired) electrons. The number of carbonyl (C=O) groups excluding carboxylic acids is 1. The summed E-state index contributed by atoms with van der Waals surface area (Å²) >= 11 is 7.43. The van der Waals surface area contributed by atoms with Crippen LogP contribution in [-0.2, 0) is 6.54 Å². The van der Waals surface area contributed by atoms with Crippen LogP contribution in [0.4, 0.5) is 0 Å². The van der Waals surface area contributed by atoms with Crippen molar-refractivity contribution in [2.24, 2.45) is 0 Å². The number of halogens is 1. The highest BCUT2D eigenvalue weighted by molar-refractivity contribution is 7.16. The van der Waals surface area contributed by atoms with Crippen LogP contribution in [0, 0.1) is 0 Å². The molecular formula is C17H16ClNO3S. The molecule has 0 atom stereocenters. The number of carbonyl (C=O) groups is 1. The summed E-state index contributed by atoms with van der Waals surface area (Å²) in [5.74, 6) is 1.21. The molecule has 1 amide bonds. The van der Waals surface area contributed by atoms with Gasteiger partial charge in [0.05, 0.1) is 10.9 Å². The number of hydrogen-bond acceptors (Lipinski definition) is 4. The molecule has 0 bridgehead atoms. The van der Waals surface area contributed by atoms with Crippen molar-refractivity contribution in [2.75, 3.05) is 19.8 Å². The third-order valence-corrected chi connectivity index (χ3v) is 4.62. The zero-order valence-corrected chi connectivity index (χ0v) is 14.0. The zero-order chi connectivity index (χ0) is 16.2. The van der Waals surface area contributed by atoms with Gasteiger partial charge in [0.15, 0.2) is 11.5 Å². The van der Waals surface area contributed by atoms with E-state index in [2.05, 4.69) is 6.58 Å². The van der Waals surface area contributed by atoms with E-state index in [1.54, 1.807) is 29.2 Å². The van der Waals surface area contributed by atoms with E-state index < -0.39 is 0 Å². The smallest absolute Gasteiger partial charge is 0.254 e. The van der Waals surface area contributed by atoms with E-state index in [0.29, 0.717) is 47.7 Å². The van der Waals surface area contributed by atoms with Crippen LogP contribution < -0.4 is 9.47 Å². The minimum absolute atomic E-state index is 0.0774. The SMILES string of the molecule is C=CCN(Cc1ccc(Cl)s1)C(=O)c1ccc2c(c1)OCCO2. The lowest BCUT2D eigenvalue weighted by Crippen LogP contribution is -2.30. The lowest BCUT2D eigenvalue weighted by atomic mass is 10.1. The topological polar surface area (TPSA) is 38.8 Å². The van der Waals surface area contributed by atoms with Gasteiger partial charge < -0.3 is 14.4 Å². The van der Waals surface area contributed by atoms with Crippen LogP contribution in [0.25, 0.3) is 0 Å². The van der Waals surface area contributed by atoms with Crippen molar-refractivity contribution in [1.29, 1.82) is 0 Å². The molecule has 0 spiro atoms. The number of nitrogens with zero attached hydrogens (tertiary/aromatic N) is 1. The standard InChI is InChI=1S/C17H16ClNO3S/c1-2-7-19(11-13-4-6-16(18)23-13)17(20)12-3-5-14-15(10-12)22-9-8-21-14/h2-6,10H,1,7-9,11H2. The minimum atomic E-state index is -0.0774. The first-order chi connectivity index (χ1) is 11.2. The summed E-state index contributed by atoms with van der Waals surface area (Å²) < 4.78 is 11.7. The predicted molar refractivity (Wildman–Crippen MR) is 91.7 cm³/mol. The average molecular weight is 350 g/mol. The fourth-order valence-corrected chi connectivity index (χ4v) is 3.46. The Hall–Kier alpha value is -1.98. The number of thiophene rings is 1. The Morgan fingerprint density at radius 2 is 2.04 bits per heavy atom. The molecule has 1 aromatic heterocycles. The van der Waals surface area contributed by atoms with Gasteiger partial charge in [-0.2, -0.15) is 0 Å². The van der Waals surface area contributed by atoms with Crippen molar-refractivity contribution in [3.05, 3.63) is 57.8 Å². The van der Waals surface area contributed by atoms with Crippen LogP contribution in [0.1, 0.15) is 15.2 Å². The molecule has 0 saturated heterocycles. The van der Waals surface area contributed by atoms with Gasteiger partial charge in [-0.3, -0.25) is 4.79 Å². The third kappa shape index (κ3) is 3.68. The van der Waals surface area contributed by atoms with Crippen LogP contribution in [0.15, 0.2) is 43.0 Å². The van der Waals surface area contributed by atoms with E-state index in [-0.39, 0.29) is 5.91 Å². The van der Waals surface area contributed by atoms with E-state index in [1.807, 2.05) is 12.1 Å². The first-order valence-corrected chi connectivity index (χ1v) is 8.41. The van der Waals surface area contributed by atoms with Crippen molar-refractivity contribution in [2.45, 2.75) is 6.54 Å². The van der Waals surface area contributed by atoms with Crippen molar-refractivity contribution >= 4 is 28.8 Å². The summed E-state index contributed by atoms with van der Waals surface area (Å²) in [6, 6.07) is 9.03. The Labute approximate surface area is 143 Å². The summed E-state index contributed by atoms with van der Waals surface area (Å²) in [6.45, 7) is 5.71. The van der Waals surface area contributed by atoms with Crippen molar-refractivity contribution in [1.82, 2.24) is 4.90 Å². The molecule has 0 aliphatic carbocycles. The Bertz CT molecular complexity index is 728. The molecular weight excluding hydrogens is 334 g/mol. The van der Waals surface area contributed by atoms with Gasteiger partial charge >= 0.3 is 0 Å². The minimum Gasteiger partial charge on any atom is -0.486 e. The molecule has 0 unspecified atom stereocenters. The molecule has 120 valence electrons. The molecule has 2 heterocycles. The number of benzene rings is 1.